The van der Waals surface area contributed by atoms with Crippen molar-refractivity contribution in [2.45, 2.75) is 32.1 Å². The summed E-state index contributed by atoms with van der Waals surface area (Å²) in [6.07, 6.45) is -6.75. The lowest BCUT2D eigenvalue weighted by molar-refractivity contribution is -0.276. The van der Waals surface area contributed by atoms with Crippen LogP contribution in [0.5, 0.6) is 11.5 Å². The predicted octanol–water partition coefficient (Wildman–Crippen LogP) is 8.72. The van der Waals surface area contributed by atoms with Crippen LogP contribution in [0.2, 0.25) is 0 Å². The topological polar surface area (TPSA) is 46.2 Å². The van der Waals surface area contributed by atoms with Gasteiger partial charge in [-0.3, -0.25) is 0 Å². The van der Waals surface area contributed by atoms with E-state index >= 15 is 4.39 Å². The van der Waals surface area contributed by atoms with Gasteiger partial charge in [-0.25, -0.2) is 22.0 Å². The molecule has 0 unspecified atom stereocenters. The number of alkyl halides is 5. The van der Waals surface area contributed by atoms with Gasteiger partial charge < -0.3 is 23.7 Å². The minimum absolute atomic E-state index is 0.0524. The monoisotopic (exact) mass is 654 g/mol. The lowest BCUT2D eigenvalue weighted by Crippen LogP contribution is -2.30. The number of rotatable bonds is 11. The molecule has 0 atom stereocenters. The first kappa shape index (κ1) is 34.1. The van der Waals surface area contributed by atoms with Crippen LogP contribution in [0.15, 0.2) is 54.6 Å². The zero-order chi connectivity index (χ0) is 32.9. The first-order chi connectivity index (χ1) is 21.2. The standard InChI is InChI=1S/C30H24F10O5/c1-2-3-4-7-41-13-16-14-42-28(43-15-16)17-5-6-20(21(31)8-17)18-9-22(32)26(23(33)10-18)29(36,37)44-19-11-24(34)27(25(35)12-19)45-30(38,39)40/h2-3,5-6,8-12,16,28H,4,7,13-15H2,1H3/b3-2+. The van der Waals surface area contributed by atoms with Gasteiger partial charge in [0.15, 0.2) is 17.9 Å². The van der Waals surface area contributed by atoms with Gasteiger partial charge in [-0.1, -0.05) is 24.3 Å². The van der Waals surface area contributed by atoms with Gasteiger partial charge in [0.1, 0.15) is 28.8 Å². The Kier molecular flexibility index (Phi) is 10.7. The molecule has 3 aromatic carbocycles. The normalized spacial score (nSPS) is 17.6. The van der Waals surface area contributed by atoms with Crippen LogP contribution in [-0.4, -0.2) is 32.8 Å². The summed E-state index contributed by atoms with van der Waals surface area (Å²) >= 11 is 0. The molecule has 0 aromatic heterocycles. The number of hydrogen-bond acceptors (Lipinski definition) is 5. The van der Waals surface area contributed by atoms with Crippen LogP contribution < -0.4 is 9.47 Å². The minimum atomic E-state index is -5.51. The second-order valence-corrected chi connectivity index (χ2v) is 9.73. The van der Waals surface area contributed by atoms with E-state index in [-0.39, 0.29) is 42.4 Å². The molecule has 1 heterocycles. The summed E-state index contributed by atoms with van der Waals surface area (Å²) < 4.78 is 163. The molecule has 0 radical (unpaired) electrons. The van der Waals surface area contributed by atoms with Crippen molar-refractivity contribution in [2.24, 2.45) is 5.92 Å². The Balaban J connectivity index is 1.46. The molecular formula is C30H24F10O5. The lowest BCUT2D eigenvalue weighted by Gasteiger charge is -2.29. The van der Waals surface area contributed by atoms with E-state index in [1.807, 2.05) is 19.1 Å². The van der Waals surface area contributed by atoms with E-state index in [1.54, 1.807) is 0 Å². The van der Waals surface area contributed by atoms with Crippen molar-refractivity contribution < 1.29 is 67.6 Å². The van der Waals surface area contributed by atoms with Crippen molar-refractivity contribution in [3.05, 3.63) is 94.8 Å². The van der Waals surface area contributed by atoms with Crippen LogP contribution in [0.25, 0.3) is 11.1 Å². The average molecular weight is 654 g/mol. The first-order valence-corrected chi connectivity index (χ1v) is 13.2. The summed E-state index contributed by atoms with van der Waals surface area (Å²) in [5.74, 6) is -12.4. The lowest BCUT2D eigenvalue weighted by atomic mass is 10.00. The van der Waals surface area contributed by atoms with Crippen LogP contribution in [0, 0.1) is 35.0 Å². The van der Waals surface area contributed by atoms with Gasteiger partial charge in [0.05, 0.1) is 26.4 Å². The molecule has 1 aliphatic rings. The Bertz CT molecular complexity index is 1470. The third kappa shape index (κ3) is 8.67. The van der Waals surface area contributed by atoms with E-state index in [0.29, 0.717) is 25.3 Å². The molecule has 244 valence electrons. The van der Waals surface area contributed by atoms with Crippen LogP contribution >= 0.6 is 0 Å². The summed E-state index contributed by atoms with van der Waals surface area (Å²) in [4.78, 5) is 0. The van der Waals surface area contributed by atoms with Crippen LogP contribution in [0.1, 0.15) is 30.8 Å². The van der Waals surface area contributed by atoms with Gasteiger partial charge in [0, 0.05) is 29.2 Å². The molecule has 0 N–H and O–H groups in total. The van der Waals surface area contributed by atoms with Gasteiger partial charge in [0.2, 0.25) is 5.75 Å². The predicted molar refractivity (Wildman–Crippen MR) is 138 cm³/mol. The first-order valence-electron chi connectivity index (χ1n) is 13.2. The fourth-order valence-electron chi connectivity index (χ4n) is 4.33. The molecule has 0 saturated carbocycles. The smallest absolute Gasteiger partial charge is 0.429 e. The molecule has 0 spiro atoms. The Labute approximate surface area is 249 Å². The summed E-state index contributed by atoms with van der Waals surface area (Å²) in [5.41, 5.74) is -2.63. The highest BCUT2D eigenvalue weighted by Gasteiger charge is 2.42. The van der Waals surface area contributed by atoms with E-state index in [1.165, 1.54) is 6.07 Å². The molecule has 5 nitrogen and oxygen atoms in total. The highest BCUT2D eigenvalue weighted by atomic mass is 19.4. The fraction of sp³-hybridized carbons (Fsp3) is 0.333. The van der Waals surface area contributed by atoms with Gasteiger partial charge >= 0.3 is 12.5 Å². The van der Waals surface area contributed by atoms with Gasteiger partial charge in [-0.15, -0.1) is 13.2 Å². The van der Waals surface area contributed by atoms with Crippen molar-refractivity contribution in [3.63, 3.8) is 0 Å². The average Bonchev–Trinajstić information content (AvgIpc) is 2.94. The molecule has 0 bridgehead atoms. The van der Waals surface area contributed by atoms with E-state index in [2.05, 4.69) is 9.47 Å². The van der Waals surface area contributed by atoms with E-state index in [4.69, 9.17) is 14.2 Å². The summed E-state index contributed by atoms with van der Waals surface area (Å²) in [5, 5.41) is 0. The number of ether oxygens (including phenoxy) is 5. The summed E-state index contributed by atoms with van der Waals surface area (Å²) in [6.45, 7) is 3.34. The Morgan fingerprint density at radius 2 is 1.42 bits per heavy atom. The summed E-state index contributed by atoms with van der Waals surface area (Å²) in [6, 6.07) is 4.04. The van der Waals surface area contributed by atoms with Crippen molar-refractivity contribution in [3.8, 4) is 22.6 Å². The zero-order valence-corrected chi connectivity index (χ0v) is 23.2. The van der Waals surface area contributed by atoms with E-state index < -0.39 is 70.5 Å². The van der Waals surface area contributed by atoms with Gasteiger partial charge in [-0.2, -0.15) is 8.78 Å². The van der Waals surface area contributed by atoms with E-state index in [9.17, 15) is 39.5 Å². The molecular weight excluding hydrogens is 630 g/mol. The number of halogens is 10. The van der Waals surface area contributed by atoms with Gasteiger partial charge in [-0.05, 0) is 37.1 Å². The Morgan fingerprint density at radius 3 is 1.98 bits per heavy atom. The Hall–Kier alpha value is -3.82. The maximum absolute atomic E-state index is 15.0. The van der Waals surface area contributed by atoms with Crippen LogP contribution in [0.3, 0.4) is 0 Å². The maximum Gasteiger partial charge on any atom is 0.573 e. The molecule has 1 fully saturated rings. The third-order valence-corrected chi connectivity index (χ3v) is 6.33. The molecule has 1 saturated heterocycles. The molecule has 3 aromatic rings. The largest absolute Gasteiger partial charge is 0.573 e. The quantitative estimate of drug-likeness (QED) is 0.118. The number of benzene rings is 3. The third-order valence-electron chi connectivity index (χ3n) is 6.33. The van der Waals surface area contributed by atoms with Crippen LogP contribution in [0.4, 0.5) is 43.9 Å². The highest BCUT2D eigenvalue weighted by molar-refractivity contribution is 5.65. The molecule has 1 aliphatic heterocycles. The van der Waals surface area contributed by atoms with Gasteiger partial charge in [0.25, 0.3) is 0 Å². The zero-order valence-electron chi connectivity index (χ0n) is 23.2. The maximum atomic E-state index is 15.0. The van der Waals surface area contributed by atoms with Crippen molar-refractivity contribution in [1.29, 1.82) is 0 Å². The van der Waals surface area contributed by atoms with E-state index in [0.717, 1.165) is 18.6 Å². The van der Waals surface area contributed by atoms with Crippen molar-refractivity contribution in [1.82, 2.24) is 0 Å². The minimum Gasteiger partial charge on any atom is -0.429 e. The molecule has 0 amide bonds. The van der Waals surface area contributed by atoms with Crippen molar-refractivity contribution in [2.75, 3.05) is 26.4 Å². The second kappa shape index (κ2) is 14.1. The molecule has 45 heavy (non-hydrogen) atoms. The number of hydrogen-bond donors (Lipinski definition) is 0. The SMILES string of the molecule is C/C=C/CCOCC1COC(c2ccc(-c3cc(F)c(C(F)(F)Oc4cc(F)c(OC(F)(F)F)c(F)c4)c(F)c3)c(F)c2)OC1. The molecule has 0 aliphatic carbocycles. The fourth-order valence-corrected chi connectivity index (χ4v) is 4.33. The van der Waals surface area contributed by atoms with Crippen molar-refractivity contribution >= 4 is 0 Å². The highest BCUT2D eigenvalue weighted by Crippen LogP contribution is 2.40. The second-order valence-electron chi connectivity index (χ2n) is 9.73. The summed E-state index contributed by atoms with van der Waals surface area (Å²) in [7, 11) is 0. The van der Waals surface area contributed by atoms with Crippen LogP contribution in [-0.2, 0) is 20.3 Å². The molecule has 15 heteroatoms. The molecule has 4 rings (SSSR count). The Morgan fingerprint density at radius 1 is 0.800 bits per heavy atom. The number of allylic oxidation sites excluding steroid dienone is 1.